The SMILES string of the molecule is Cc1ccc2c3c(ccc2n1)OC[C@H](CN1CCN(c2ccc4cc(F)ccc4n2)CC1)O3. The second kappa shape index (κ2) is 8.15. The Kier molecular flexibility index (Phi) is 4.99. The molecule has 6 rings (SSSR count). The summed E-state index contributed by atoms with van der Waals surface area (Å²) in [5, 5.41) is 1.82. The summed E-state index contributed by atoms with van der Waals surface area (Å²) in [6.07, 6.45) is -0.0235. The molecule has 7 heteroatoms. The molecule has 1 fully saturated rings. The highest BCUT2D eigenvalue weighted by molar-refractivity contribution is 5.88. The Labute approximate surface area is 191 Å². The molecule has 2 aromatic heterocycles. The molecule has 1 saturated heterocycles. The molecule has 0 aliphatic carbocycles. The van der Waals surface area contributed by atoms with Crippen molar-refractivity contribution in [1.29, 1.82) is 0 Å². The van der Waals surface area contributed by atoms with Crippen molar-refractivity contribution in [3.05, 3.63) is 66.1 Å². The zero-order valence-electron chi connectivity index (χ0n) is 18.5. The number of fused-ring (bicyclic) bond motifs is 4. The van der Waals surface area contributed by atoms with Gasteiger partial charge in [-0.05, 0) is 61.5 Å². The lowest BCUT2D eigenvalue weighted by Crippen LogP contribution is -2.50. The van der Waals surface area contributed by atoms with Crippen LogP contribution < -0.4 is 14.4 Å². The number of piperazine rings is 1. The van der Waals surface area contributed by atoms with E-state index in [1.807, 2.05) is 37.3 Å². The summed E-state index contributed by atoms with van der Waals surface area (Å²) < 4.78 is 25.9. The highest BCUT2D eigenvalue weighted by Gasteiger charge is 2.27. The van der Waals surface area contributed by atoms with Crippen molar-refractivity contribution >= 4 is 27.6 Å². The number of nitrogens with zero attached hydrogens (tertiary/aromatic N) is 4. The fraction of sp³-hybridized carbons (Fsp3) is 0.308. The van der Waals surface area contributed by atoms with Gasteiger partial charge < -0.3 is 14.4 Å². The molecule has 4 heterocycles. The van der Waals surface area contributed by atoms with E-state index in [1.165, 1.54) is 12.1 Å². The Morgan fingerprint density at radius 3 is 2.67 bits per heavy atom. The monoisotopic (exact) mass is 444 g/mol. The maximum absolute atomic E-state index is 13.4. The molecule has 0 bridgehead atoms. The third-order valence-corrected chi connectivity index (χ3v) is 6.43. The van der Waals surface area contributed by atoms with Crippen molar-refractivity contribution in [1.82, 2.24) is 14.9 Å². The molecule has 2 aliphatic heterocycles. The molecule has 4 aromatic rings. The van der Waals surface area contributed by atoms with E-state index in [-0.39, 0.29) is 11.9 Å². The molecule has 0 saturated carbocycles. The third kappa shape index (κ3) is 3.93. The van der Waals surface area contributed by atoms with E-state index >= 15 is 0 Å². The Morgan fingerprint density at radius 1 is 0.939 bits per heavy atom. The van der Waals surface area contributed by atoms with Crippen molar-refractivity contribution in [3.8, 4) is 11.5 Å². The summed E-state index contributed by atoms with van der Waals surface area (Å²) in [6.45, 7) is 6.96. The van der Waals surface area contributed by atoms with Gasteiger partial charge in [-0.3, -0.25) is 9.88 Å². The minimum absolute atomic E-state index is 0.0235. The first-order valence-corrected chi connectivity index (χ1v) is 11.4. The first-order chi connectivity index (χ1) is 16.1. The van der Waals surface area contributed by atoms with Crippen LogP contribution in [0.1, 0.15) is 5.69 Å². The maximum atomic E-state index is 13.4. The predicted molar refractivity (Wildman–Crippen MR) is 127 cm³/mol. The van der Waals surface area contributed by atoms with Gasteiger partial charge in [-0.15, -0.1) is 0 Å². The molecule has 0 radical (unpaired) electrons. The number of pyridine rings is 2. The van der Waals surface area contributed by atoms with Crippen LogP contribution in [0.2, 0.25) is 0 Å². The first-order valence-electron chi connectivity index (χ1n) is 11.4. The zero-order valence-corrected chi connectivity index (χ0v) is 18.5. The molecule has 2 aromatic carbocycles. The van der Waals surface area contributed by atoms with Gasteiger partial charge in [0.25, 0.3) is 0 Å². The van der Waals surface area contributed by atoms with E-state index in [2.05, 4.69) is 20.9 Å². The van der Waals surface area contributed by atoms with Gasteiger partial charge in [-0.1, -0.05) is 0 Å². The van der Waals surface area contributed by atoms with E-state index in [9.17, 15) is 4.39 Å². The number of rotatable bonds is 3. The van der Waals surface area contributed by atoms with Crippen molar-refractivity contribution in [2.75, 3.05) is 44.2 Å². The number of aryl methyl sites for hydroxylation is 1. The molecule has 0 N–H and O–H groups in total. The second-order valence-electron chi connectivity index (χ2n) is 8.76. The summed E-state index contributed by atoms with van der Waals surface area (Å²) in [5.41, 5.74) is 2.73. The summed E-state index contributed by atoms with van der Waals surface area (Å²) in [7, 11) is 0. The highest BCUT2D eigenvalue weighted by atomic mass is 19.1. The number of anilines is 1. The molecule has 2 aliphatic rings. The number of hydrogen-bond acceptors (Lipinski definition) is 6. The van der Waals surface area contributed by atoms with Crippen LogP contribution in [0.15, 0.2) is 54.6 Å². The Morgan fingerprint density at radius 2 is 1.79 bits per heavy atom. The lowest BCUT2D eigenvalue weighted by molar-refractivity contribution is 0.0587. The van der Waals surface area contributed by atoms with Crippen LogP contribution >= 0.6 is 0 Å². The number of aromatic nitrogens is 2. The van der Waals surface area contributed by atoms with Crippen LogP contribution in [0.25, 0.3) is 21.8 Å². The van der Waals surface area contributed by atoms with Crippen molar-refractivity contribution < 1.29 is 13.9 Å². The summed E-state index contributed by atoms with van der Waals surface area (Å²) in [6, 6.07) is 16.6. The highest BCUT2D eigenvalue weighted by Crippen LogP contribution is 2.38. The standard InChI is InChI=1S/C26H25FN4O2/c1-17-2-5-21-23(28-17)7-8-24-26(21)33-20(16-32-24)15-30-10-12-31(13-11-30)25-9-3-18-14-19(27)4-6-22(18)29-25/h2-9,14,20H,10-13,15-16H2,1H3/t20-/m0/s1. The van der Waals surface area contributed by atoms with Crippen molar-refractivity contribution in [2.45, 2.75) is 13.0 Å². The summed E-state index contributed by atoms with van der Waals surface area (Å²) in [5.74, 6) is 2.29. The number of benzene rings is 2. The van der Waals surface area contributed by atoms with Gasteiger partial charge in [0.2, 0.25) is 0 Å². The van der Waals surface area contributed by atoms with Gasteiger partial charge in [-0.2, -0.15) is 0 Å². The van der Waals surface area contributed by atoms with Crippen LogP contribution in [-0.4, -0.2) is 60.3 Å². The molecule has 6 nitrogen and oxygen atoms in total. The van der Waals surface area contributed by atoms with E-state index in [1.54, 1.807) is 6.07 Å². The fourth-order valence-corrected chi connectivity index (χ4v) is 4.68. The van der Waals surface area contributed by atoms with E-state index in [0.717, 1.165) is 77.5 Å². The van der Waals surface area contributed by atoms with E-state index < -0.39 is 0 Å². The third-order valence-electron chi connectivity index (χ3n) is 6.43. The fourth-order valence-electron chi connectivity index (χ4n) is 4.68. The number of hydrogen-bond donors (Lipinski definition) is 0. The van der Waals surface area contributed by atoms with Crippen molar-refractivity contribution in [2.24, 2.45) is 0 Å². The molecule has 0 spiro atoms. The quantitative estimate of drug-likeness (QED) is 0.472. The lowest BCUT2D eigenvalue weighted by atomic mass is 10.1. The van der Waals surface area contributed by atoms with Crippen LogP contribution in [0, 0.1) is 12.7 Å². The summed E-state index contributed by atoms with van der Waals surface area (Å²) in [4.78, 5) is 14.0. The van der Waals surface area contributed by atoms with Gasteiger partial charge in [0.15, 0.2) is 11.5 Å². The Balaban J connectivity index is 1.11. The van der Waals surface area contributed by atoms with E-state index in [0.29, 0.717) is 6.61 Å². The molecule has 0 amide bonds. The molecule has 1 atom stereocenters. The Hall–Kier alpha value is -3.45. The van der Waals surface area contributed by atoms with Gasteiger partial charge >= 0.3 is 0 Å². The second-order valence-corrected chi connectivity index (χ2v) is 8.76. The average Bonchev–Trinajstić information content (AvgIpc) is 2.84. The smallest absolute Gasteiger partial charge is 0.171 e. The van der Waals surface area contributed by atoms with E-state index in [4.69, 9.17) is 14.5 Å². The molecular formula is C26H25FN4O2. The normalized spacial score (nSPS) is 18.7. The predicted octanol–water partition coefficient (Wildman–Crippen LogP) is 4.19. The average molecular weight is 445 g/mol. The van der Waals surface area contributed by atoms with Gasteiger partial charge in [-0.25, -0.2) is 9.37 Å². The van der Waals surface area contributed by atoms with Crippen molar-refractivity contribution in [3.63, 3.8) is 0 Å². The minimum atomic E-state index is -0.235. The number of ether oxygens (including phenoxy) is 2. The topological polar surface area (TPSA) is 50.7 Å². The first kappa shape index (κ1) is 20.2. The molecule has 168 valence electrons. The van der Waals surface area contributed by atoms with Crippen LogP contribution in [0.4, 0.5) is 10.2 Å². The Bertz CT molecular complexity index is 1340. The molecule has 0 unspecified atom stereocenters. The zero-order chi connectivity index (χ0) is 22.4. The van der Waals surface area contributed by atoms with Gasteiger partial charge in [0, 0.05) is 49.2 Å². The van der Waals surface area contributed by atoms with Gasteiger partial charge in [0.1, 0.15) is 24.3 Å². The minimum Gasteiger partial charge on any atom is -0.486 e. The molecular weight excluding hydrogens is 419 g/mol. The molecule has 33 heavy (non-hydrogen) atoms. The summed E-state index contributed by atoms with van der Waals surface area (Å²) >= 11 is 0. The van der Waals surface area contributed by atoms with Crippen LogP contribution in [0.5, 0.6) is 11.5 Å². The lowest BCUT2D eigenvalue weighted by Gasteiger charge is -2.38. The largest absolute Gasteiger partial charge is 0.486 e. The van der Waals surface area contributed by atoms with Gasteiger partial charge in [0.05, 0.1) is 11.0 Å². The number of halogens is 1. The maximum Gasteiger partial charge on any atom is 0.171 e. The van der Waals surface area contributed by atoms with Crippen LogP contribution in [0.3, 0.4) is 0 Å². The van der Waals surface area contributed by atoms with Crippen LogP contribution in [-0.2, 0) is 0 Å².